The Bertz CT molecular complexity index is 1360. The molecule has 5 fully saturated rings. The number of carbonyl (C=O) groups is 2. The fourth-order valence-corrected chi connectivity index (χ4v) is 13.0. The van der Waals surface area contributed by atoms with Gasteiger partial charge in [0.2, 0.25) is 0 Å². The summed E-state index contributed by atoms with van der Waals surface area (Å²) in [7, 11) is 1.44. The lowest BCUT2D eigenvalue weighted by molar-refractivity contribution is -0.172. The number of benzene rings is 1. The Kier molecular flexibility index (Phi) is 8.17. The number of urea groups is 1. The number of allylic oxidation sites excluding steroid dienone is 2. The molecule has 1 heterocycles. The molecule has 7 rings (SSSR count). The topological polar surface area (TPSA) is 78.9 Å². The minimum atomic E-state index is -0.281. The molecule has 1 saturated heterocycles. The Hall–Kier alpha value is -2.34. The fraction of sp³-hybridized carbons (Fsp3) is 0.750. The number of hydrogen-bond acceptors (Lipinski definition) is 4. The van der Waals surface area contributed by atoms with Crippen molar-refractivity contribution < 1.29 is 19.4 Å². The van der Waals surface area contributed by atoms with E-state index in [1.165, 1.54) is 63.2 Å². The maximum atomic E-state index is 13.6. The number of nitrogens with one attached hydrogen (secondary N) is 1. The molecule has 6 aliphatic rings. The van der Waals surface area contributed by atoms with Gasteiger partial charge in [0.25, 0.3) is 0 Å². The van der Waals surface area contributed by atoms with Crippen LogP contribution in [0.25, 0.3) is 5.57 Å². The number of methoxy groups -OCH3 is 1. The van der Waals surface area contributed by atoms with Crippen LogP contribution in [0.1, 0.15) is 121 Å². The zero-order valence-electron chi connectivity index (χ0n) is 29.1. The number of piperidine rings is 1. The molecule has 0 spiro atoms. The number of fused-ring (bicyclic) bond motifs is 7. The van der Waals surface area contributed by atoms with Crippen molar-refractivity contribution in [1.29, 1.82) is 0 Å². The number of rotatable bonds is 4. The first kappa shape index (κ1) is 32.2. The molecule has 2 amide bonds. The highest BCUT2D eigenvalue weighted by atomic mass is 16.5. The molecule has 5 aliphatic carbocycles. The first-order chi connectivity index (χ1) is 22.0. The van der Waals surface area contributed by atoms with Crippen molar-refractivity contribution in [3.63, 3.8) is 0 Å². The second kappa shape index (κ2) is 11.7. The van der Waals surface area contributed by atoms with Crippen LogP contribution in [0, 0.1) is 51.8 Å². The van der Waals surface area contributed by atoms with Crippen LogP contribution in [0.5, 0.6) is 0 Å². The van der Waals surface area contributed by atoms with Crippen molar-refractivity contribution in [1.82, 2.24) is 10.2 Å². The van der Waals surface area contributed by atoms with E-state index >= 15 is 0 Å². The van der Waals surface area contributed by atoms with Crippen LogP contribution in [-0.4, -0.2) is 54.4 Å². The Labute approximate surface area is 277 Å². The van der Waals surface area contributed by atoms with Gasteiger partial charge in [-0.25, -0.2) is 9.59 Å². The van der Waals surface area contributed by atoms with Gasteiger partial charge >= 0.3 is 12.0 Å². The molecule has 1 aromatic rings. The fourth-order valence-electron chi connectivity index (χ4n) is 13.0. The number of aliphatic hydroxyl groups is 1. The van der Waals surface area contributed by atoms with Gasteiger partial charge < -0.3 is 20.1 Å². The second-order valence-electron chi connectivity index (χ2n) is 17.4. The Balaban J connectivity index is 1.10. The SMILES string of the molecule is COC(=O)c1ccc(C2=CCC3(C)C(CCC4(C)C5CCC6(NC(=O)N7CCC(CO)CC7)CCCC6C5CCC43)C2(C)C)cc1. The normalized spacial score (nSPS) is 40.1. The van der Waals surface area contributed by atoms with Crippen LogP contribution in [0.3, 0.4) is 0 Å². The standard InChI is InChI=1S/C40H58N2O4/c1-37(2)30(27-8-10-28(11-9-27)35(44)46-5)14-20-39(4)33(37)16-21-38(3)31-15-22-40(19-6-7-32(40)29(31)12-13-34(38)39)41-36(45)42-23-17-26(25-43)18-24-42/h8-11,14,26,29,31-34,43H,6-7,12-13,15-25H2,1-5H3,(H,41,45). The number of esters is 1. The number of carbonyl (C=O) groups excluding carboxylic acids is 2. The first-order valence-corrected chi connectivity index (χ1v) is 18.5. The summed E-state index contributed by atoms with van der Waals surface area (Å²) in [6, 6.07) is 8.22. The van der Waals surface area contributed by atoms with Crippen molar-refractivity contribution in [2.24, 2.45) is 51.8 Å². The largest absolute Gasteiger partial charge is 0.465 e. The smallest absolute Gasteiger partial charge is 0.337 e. The maximum absolute atomic E-state index is 13.6. The van der Waals surface area contributed by atoms with Crippen molar-refractivity contribution in [3.05, 3.63) is 41.5 Å². The Morgan fingerprint density at radius 2 is 1.61 bits per heavy atom. The van der Waals surface area contributed by atoms with E-state index in [0.29, 0.717) is 34.7 Å². The van der Waals surface area contributed by atoms with Gasteiger partial charge in [-0.1, -0.05) is 52.3 Å². The molecule has 8 atom stereocenters. The quantitative estimate of drug-likeness (QED) is 0.330. The second-order valence-corrected chi connectivity index (χ2v) is 17.4. The lowest BCUT2D eigenvalue weighted by atomic mass is 9.37. The van der Waals surface area contributed by atoms with Crippen LogP contribution >= 0.6 is 0 Å². The molecule has 8 unspecified atom stereocenters. The summed E-state index contributed by atoms with van der Waals surface area (Å²) in [5, 5.41) is 13.3. The highest BCUT2D eigenvalue weighted by Gasteiger charge is 2.65. The third-order valence-electron chi connectivity index (χ3n) is 15.2. The van der Waals surface area contributed by atoms with Gasteiger partial charge in [-0.15, -0.1) is 0 Å². The third-order valence-corrected chi connectivity index (χ3v) is 15.2. The number of amides is 2. The summed E-state index contributed by atoms with van der Waals surface area (Å²) < 4.78 is 4.94. The third kappa shape index (κ3) is 4.89. The summed E-state index contributed by atoms with van der Waals surface area (Å²) in [6.45, 7) is 12.1. The monoisotopic (exact) mass is 630 g/mol. The van der Waals surface area contributed by atoms with Crippen LogP contribution < -0.4 is 5.32 Å². The van der Waals surface area contributed by atoms with Gasteiger partial charge in [0, 0.05) is 25.2 Å². The van der Waals surface area contributed by atoms with Crippen LogP contribution in [0.2, 0.25) is 0 Å². The summed E-state index contributed by atoms with van der Waals surface area (Å²) in [6.07, 6.45) is 16.8. The van der Waals surface area contributed by atoms with Gasteiger partial charge in [0.05, 0.1) is 12.7 Å². The lowest BCUT2D eigenvalue weighted by Crippen LogP contribution is -2.65. The van der Waals surface area contributed by atoms with Gasteiger partial charge in [-0.05, 0) is 146 Å². The molecule has 1 aliphatic heterocycles. The number of likely N-dealkylation sites (tertiary alicyclic amines) is 1. The summed E-state index contributed by atoms with van der Waals surface area (Å²) in [4.78, 5) is 27.7. The molecule has 1 aromatic carbocycles. The molecule has 0 aromatic heterocycles. The predicted molar refractivity (Wildman–Crippen MR) is 182 cm³/mol. The number of hydrogen-bond donors (Lipinski definition) is 2. The van der Waals surface area contributed by atoms with Crippen molar-refractivity contribution in [2.45, 2.75) is 110 Å². The van der Waals surface area contributed by atoms with E-state index in [0.717, 1.165) is 57.0 Å². The van der Waals surface area contributed by atoms with E-state index in [-0.39, 0.29) is 35.0 Å². The average molecular weight is 631 g/mol. The van der Waals surface area contributed by atoms with Crippen molar-refractivity contribution >= 4 is 17.6 Å². The number of nitrogens with zero attached hydrogens (tertiary/aromatic N) is 1. The molecule has 46 heavy (non-hydrogen) atoms. The molecular formula is C40H58N2O4. The molecule has 6 heteroatoms. The van der Waals surface area contributed by atoms with Crippen LogP contribution in [-0.2, 0) is 4.74 Å². The molecule has 0 bridgehead atoms. The van der Waals surface area contributed by atoms with Gasteiger partial charge in [-0.3, -0.25) is 0 Å². The number of aliphatic hydroxyl groups excluding tert-OH is 1. The maximum Gasteiger partial charge on any atom is 0.337 e. The van der Waals surface area contributed by atoms with Gasteiger partial charge in [0.15, 0.2) is 0 Å². The molecular weight excluding hydrogens is 572 g/mol. The van der Waals surface area contributed by atoms with E-state index in [9.17, 15) is 14.7 Å². The number of ether oxygens (including phenoxy) is 1. The van der Waals surface area contributed by atoms with Gasteiger partial charge in [-0.2, -0.15) is 0 Å². The highest BCUT2D eigenvalue weighted by molar-refractivity contribution is 5.90. The van der Waals surface area contributed by atoms with E-state index in [4.69, 9.17) is 4.74 Å². The van der Waals surface area contributed by atoms with E-state index in [1.54, 1.807) is 0 Å². The molecule has 2 N–H and O–H groups in total. The molecule has 6 nitrogen and oxygen atoms in total. The van der Waals surface area contributed by atoms with Gasteiger partial charge in [0.1, 0.15) is 0 Å². The summed E-state index contributed by atoms with van der Waals surface area (Å²) in [5.74, 6) is 3.48. The van der Waals surface area contributed by atoms with E-state index in [2.05, 4.69) is 51.2 Å². The minimum Gasteiger partial charge on any atom is -0.465 e. The lowest BCUT2D eigenvalue weighted by Gasteiger charge is -2.68. The van der Waals surface area contributed by atoms with E-state index in [1.807, 2.05) is 17.0 Å². The average Bonchev–Trinajstić information content (AvgIpc) is 3.48. The zero-order valence-corrected chi connectivity index (χ0v) is 29.1. The van der Waals surface area contributed by atoms with Crippen molar-refractivity contribution in [3.8, 4) is 0 Å². The minimum absolute atomic E-state index is 0.0235. The van der Waals surface area contributed by atoms with Crippen LogP contribution in [0.4, 0.5) is 4.79 Å². The molecule has 252 valence electrons. The highest BCUT2D eigenvalue weighted by Crippen LogP contribution is 2.72. The Morgan fingerprint density at radius 1 is 0.870 bits per heavy atom. The molecule has 0 radical (unpaired) electrons. The van der Waals surface area contributed by atoms with Crippen molar-refractivity contribution in [2.75, 3.05) is 26.8 Å². The van der Waals surface area contributed by atoms with E-state index < -0.39 is 0 Å². The predicted octanol–water partition coefficient (Wildman–Crippen LogP) is 8.10. The zero-order chi connectivity index (χ0) is 32.5. The summed E-state index contributed by atoms with van der Waals surface area (Å²) in [5.41, 5.74) is 3.94. The van der Waals surface area contributed by atoms with Crippen LogP contribution in [0.15, 0.2) is 30.3 Å². The Morgan fingerprint density at radius 3 is 2.30 bits per heavy atom. The molecule has 4 saturated carbocycles. The summed E-state index contributed by atoms with van der Waals surface area (Å²) >= 11 is 0. The first-order valence-electron chi connectivity index (χ1n) is 18.5.